The monoisotopic (exact) mass is 286 g/mol. The molecule has 1 aromatic heterocycles. The minimum absolute atomic E-state index is 0.0561. The van der Waals surface area contributed by atoms with Gasteiger partial charge in [-0.3, -0.25) is 4.79 Å². The van der Waals surface area contributed by atoms with Gasteiger partial charge in [0.1, 0.15) is 0 Å². The molecule has 0 radical (unpaired) electrons. The number of carbonyl (C=O) groups is 1. The highest BCUT2D eigenvalue weighted by molar-refractivity contribution is 9.10. The maximum absolute atomic E-state index is 12.0. The predicted molar refractivity (Wildman–Crippen MR) is 64.4 cm³/mol. The molecule has 2 rings (SSSR count). The summed E-state index contributed by atoms with van der Waals surface area (Å²) in [5.74, 6) is 0.333. The molecule has 0 saturated carbocycles. The van der Waals surface area contributed by atoms with E-state index in [9.17, 15) is 4.79 Å². The highest BCUT2D eigenvalue weighted by atomic mass is 79.9. The Morgan fingerprint density at radius 2 is 2.44 bits per heavy atom. The standard InChI is InChI=1S/C11H15BrN2O2/c1-14(8-3-2-6-13-7-8)11(15)9-4-5-10(12)16-9/h4-5,8,13H,2-3,6-7H2,1H3. The van der Waals surface area contributed by atoms with E-state index in [4.69, 9.17) is 4.42 Å². The lowest BCUT2D eigenvalue weighted by Gasteiger charge is -2.31. The van der Waals surface area contributed by atoms with Crippen LogP contribution in [0.4, 0.5) is 0 Å². The molecular formula is C11H15BrN2O2. The van der Waals surface area contributed by atoms with Gasteiger partial charge in [0.25, 0.3) is 5.91 Å². The molecule has 1 N–H and O–H groups in total. The van der Waals surface area contributed by atoms with Crippen LogP contribution in [0.3, 0.4) is 0 Å². The van der Waals surface area contributed by atoms with Gasteiger partial charge in [-0.15, -0.1) is 0 Å². The SMILES string of the molecule is CN(C(=O)c1ccc(Br)o1)C1CCCNC1. The molecule has 1 aliphatic heterocycles. The van der Waals surface area contributed by atoms with Crippen LogP contribution in [-0.2, 0) is 0 Å². The van der Waals surface area contributed by atoms with Gasteiger partial charge in [0.05, 0.1) is 0 Å². The molecule has 16 heavy (non-hydrogen) atoms. The summed E-state index contributed by atoms with van der Waals surface area (Å²) in [5.41, 5.74) is 0. The van der Waals surface area contributed by atoms with Crippen LogP contribution in [0.25, 0.3) is 0 Å². The van der Waals surface area contributed by atoms with Crippen molar-refractivity contribution in [1.82, 2.24) is 10.2 Å². The molecule has 2 heterocycles. The summed E-state index contributed by atoms with van der Waals surface area (Å²) in [6, 6.07) is 3.70. The number of amides is 1. The molecule has 0 spiro atoms. The molecule has 1 aliphatic rings. The van der Waals surface area contributed by atoms with E-state index in [0.717, 1.165) is 25.9 Å². The number of hydrogen-bond donors (Lipinski definition) is 1. The smallest absolute Gasteiger partial charge is 0.289 e. The Balaban J connectivity index is 2.03. The highest BCUT2D eigenvalue weighted by Gasteiger charge is 2.24. The number of furan rings is 1. The Hall–Kier alpha value is -0.810. The van der Waals surface area contributed by atoms with Crippen LogP contribution in [-0.4, -0.2) is 37.0 Å². The molecule has 1 atom stereocenters. The Morgan fingerprint density at radius 1 is 1.62 bits per heavy atom. The van der Waals surface area contributed by atoms with Gasteiger partial charge < -0.3 is 14.6 Å². The van der Waals surface area contributed by atoms with E-state index >= 15 is 0 Å². The molecule has 1 aromatic rings. The summed E-state index contributed by atoms with van der Waals surface area (Å²) in [6.45, 7) is 1.91. The number of likely N-dealkylation sites (N-methyl/N-ethyl adjacent to an activating group) is 1. The fourth-order valence-corrected chi connectivity index (χ4v) is 2.24. The fourth-order valence-electron chi connectivity index (χ4n) is 1.93. The minimum Gasteiger partial charge on any atom is -0.444 e. The van der Waals surface area contributed by atoms with Crippen molar-refractivity contribution in [2.75, 3.05) is 20.1 Å². The molecule has 88 valence electrons. The summed E-state index contributed by atoms with van der Waals surface area (Å²) >= 11 is 3.20. The lowest BCUT2D eigenvalue weighted by molar-refractivity contribution is 0.0675. The van der Waals surface area contributed by atoms with Crippen molar-refractivity contribution in [3.63, 3.8) is 0 Å². The second kappa shape index (κ2) is 5.01. The Labute approximate surface area is 103 Å². The molecule has 0 bridgehead atoms. The van der Waals surface area contributed by atoms with Crippen molar-refractivity contribution in [3.05, 3.63) is 22.6 Å². The maximum atomic E-state index is 12.0. The quantitative estimate of drug-likeness (QED) is 0.903. The number of nitrogens with one attached hydrogen (secondary N) is 1. The van der Waals surface area contributed by atoms with E-state index in [2.05, 4.69) is 21.2 Å². The Bertz CT molecular complexity index is 372. The normalized spacial score (nSPS) is 20.8. The Morgan fingerprint density at radius 3 is 3.00 bits per heavy atom. The number of nitrogens with zero attached hydrogens (tertiary/aromatic N) is 1. The first-order valence-electron chi connectivity index (χ1n) is 5.41. The van der Waals surface area contributed by atoms with Crippen LogP contribution in [0, 0.1) is 0 Å². The predicted octanol–water partition coefficient (Wildman–Crippen LogP) is 1.87. The van der Waals surface area contributed by atoms with Crippen molar-refractivity contribution in [1.29, 1.82) is 0 Å². The largest absolute Gasteiger partial charge is 0.444 e. The van der Waals surface area contributed by atoms with Crippen LogP contribution in [0.15, 0.2) is 21.2 Å². The second-order valence-corrected chi connectivity index (χ2v) is 4.80. The number of rotatable bonds is 2. The minimum atomic E-state index is -0.0561. The third kappa shape index (κ3) is 2.47. The molecule has 1 fully saturated rings. The van der Waals surface area contributed by atoms with Crippen LogP contribution in [0.1, 0.15) is 23.4 Å². The fraction of sp³-hybridized carbons (Fsp3) is 0.545. The van der Waals surface area contributed by atoms with Gasteiger partial charge in [0.15, 0.2) is 10.4 Å². The molecule has 1 amide bonds. The molecule has 0 aliphatic carbocycles. The first kappa shape index (κ1) is 11.7. The van der Waals surface area contributed by atoms with E-state index < -0.39 is 0 Å². The van der Waals surface area contributed by atoms with Gasteiger partial charge in [0.2, 0.25) is 0 Å². The van der Waals surface area contributed by atoms with E-state index in [1.165, 1.54) is 0 Å². The summed E-state index contributed by atoms with van der Waals surface area (Å²) in [6.07, 6.45) is 2.17. The average Bonchev–Trinajstić information content (AvgIpc) is 2.75. The van der Waals surface area contributed by atoms with E-state index in [1.54, 1.807) is 17.0 Å². The zero-order valence-electron chi connectivity index (χ0n) is 9.20. The Kier molecular flexibility index (Phi) is 3.66. The van der Waals surface area contributed by atoms with Crippen molar-refractivity contribution in [2.45, 2.75) is 18.9 Å². The first-order valence-corrected chi connectivity index (χ1v) is 6.21. The zero-order chi connectivity index (χ0) is 11.5. The molecule has 5 heteroatoms. The van der Waals surface area contributed by atoms with Gasteiger partial charge in [-0.25, -0.2) is 0 Å². The lowest BCUT2D eigenvalue weighted by Crippen LogP contribution is -2.46. The van der Waals surface area contributed by atoms with Crippen molar-refractivity contribution in [2.24, 2.45) is 0 Å². The van der Waals surface area contributed by atoms with Crippen LogP contribution < -0.4 is 5.32 Å². The van der Waals surface area contributed by atoms with Crippen molar-refractivity contribution in [3.8, 4) is 0 Å². The van der Waals surface area contributed by atoms with Crippen LogP contribution in [0.2, 0.25) is 0 Å². The van der Waals surface area contributed by atoms with Gasteiger partial charge >= 0.3 is 0 Å². The van der Waals surface area contributed by atoms with Crippen molar-refractivity contribution < 1.29 is 9.21 Å². The number of carbonyl (C=O) groups excluding carboxylic acids is 1. The van der Waals surface area contributed by atoms with Gasteiger partial charge in [-0.05, 0) is 47.4 Å². The number of halogens is 1. The van der Waals surface area contributed by atoms with Gasteiger partial charge in [0, 0.05) is 19.6 Å². The molecule has 0 aromatic carbocycles. The highest BCUT2D eigenvalue weighted by Crippen LogP contribution is 2.17. The topological polar surface area (TPSA) is 45.5 Å². The molecule has 1 unspecified atom stereocenters. The second-order valence-electron chi connectivity index (χ2n) is 4.02. The van der Waals surface area contributed by atoms with Crippen LogP contribution in [0.5, 0.6) is 0 Å². The summed E-state index contributed by atoms with van der Waals surface area (Å²) in [5, 5.41) is 3.29. The third-order valence-electron chi connectivity index (χ3n) is 2.92. The van der Waals surface area contributed by atoms with E-state index in [-0.39, 0.29) is 11.9 Å². The number of hydrogen-bond acceptors (Lipinski definition) is 3. The average molecular weight is 287 g/mol. The first-order chi connectivity index (χ1) is 7.68. The molecule has 1 saturated heterocycles. The van der Waals surface area contributed by atoms with Gasteiger partial charge in [-0.1, -0.05) is 0 Å². The van der Waals surface area contributed by atoms with Crippen LogP contribution >= 0.6 is 15.9 Å². The summed E-state index contributed by atoms with van der Waals surface area (Å²) < 4.78 is 5.85. The van der Waals surface area contributed by atoms with Gasteiger partial charge in [-0.2, -0.15) is 0 Å². The summed E-state index contributed by atoms with van der Waals surface area (Å²) in [7, 11) is 1.83. The zero-order valence-corrected chi connectivity index (χ0v) is 10.8. The molecular weight excluding hydrogens is 272 g/mol. The lowest BCUT2D eigenvalue weighted by atomic mass is 10.1. The third-order valence-corrected chi connectivity index (χ3v) is 3.35. The van der Waals surface area contributed by atoms with Crippen molar-refractivity contribution >= 4 is 21.8 Å². The maximum Gasteiger partial charge on any atom is 0.289 e. The van der Waals surface area contributed by atoms with E-state index in [1.807, 2.05) is 7.05 Å². The summed E-state index contributed by atoms with van der Waals surface area (Å²) in [4.78, 5) is 13.8. The number of piperidine rings is 1. The molecule has 4 nitrogen and oxygen atoms in total. The van der Waals surface area contributed by atoms with E-state index in [0.29, 0.717) is 10.4 Å².